The summed E-state index contributed by atoms with van der Waals surface area (Å²) in [5.74, 6) is 0.824. The van der Waals surface area contributed by atoms with Crippen molar-refractivity contribution in [3.63, 3.8) is 0 Å². The molecule has 0 saturated heterocycles. The van der Waals surface area contributed by atoms with E-state index in [1.165, 1.54) is 0 Å². The Morgan fingerprint density at radius 1 is 1.35 bits per heavy atom. The second-order valence-electron chi connectivity index (χ2n) is 3.63. The molecule has 5 nitrogen and oxygen atoms in total. The van der Waals surface area contributed by atoms with Gasteiger partial charge in [-0.2, -0.15) is 9.94 Å². The van der Waals surface area contributed by atoms with E-state index in [1.807, 2.05) is 19.9 Å². The van der Waals surface area contributed by atoms with Crippen LogP contribution in [-0.4, -0.2) is 20.2 Å². The van der Waals surface area contributed by atoms with E-state index in [1.54, 1.807) is 10.7 Å². The monoisotopic (exact) mass is 247 g/mol. The fourth-order valence-corrected chi connectivity index (χ4v) is 1.80. The summed E-state index contributed by atoms with van der Waals surface area (Å²) in [5, 5.41) is 20.3. The molecule has 0 saturated carbocycles. The number of rotatable bonds is 2. The van der Waals surface area contributed by atoms with Gasteiger partial charge in [-0.15, -0.1) is 16.7 Å². The van der Waals surface area contributed by atoms with Gasteiger partial charge >= 0.3 is 0 Å². The summed E-state index contributed by atoms with van der Waals surface area (Å²) in [7, 11) is 0. The summed E-state index contributed by atoms with van der Waals surface area (Å²) in [6.45, 7) is 3.84. The standard InChI is InChI=1S/C11H10ClN5/c1-7-8(2)10(4-3-9(7)6-13)17-11(5-12)14-15-16-17/h3-4H,5H2,1-2H3. The molecule has 0 spiro atoms. The molecule has 1 aromatic heterocycles. The van der Waals surface area contributed by atoms with Crippen LogP contribution < -0.4 is 0 Å². The first-order valence-electron chi connectivity index (χ1n) is 5.03. The highest BCUT2D eigenvalue weighted by Crippen LogP contribution is 2.21. The molecule has 2 aromatic rings. The summed E-state index contributed by atoms with van der Waals surface area (Å²) in [5.41, 5.74) is 3.41. The fourth-order valence-electron chi connectivity index (χ4n) is 1.63. The van der Waals surface area contributed by atoms with Crippen molar-refractivity contribution in [3.8, 4) is 11.8 Å². The van der Waals surface area contributed by atoms with Crippen LogP contribution in [0.1, 0.15) is 22.5 Å². The van der Waals surface area contributed by atoms with Crippen LogP contribution in [0.5, 0.6) is 0 Å². The maximum absolute atomic E-state index is 8.95. The molecule has 0 bridgehead atoms. The Balaban J connectivity index is 2.62. The van der Waals surface area contributed by atoms with Gasteiger partial charge in [0.2, 0.25) is 0 Å². The van der Waals surface area contributed by atoms with Gasteiger partial charge in [0.15, 0.2) is 5.82 Å². The number of tetrazole rings is 1. The zero-order valence-electron chi connectivity index (χ0n) is 9.48. The molecule has 17 heavy (non-hydrogen) atoms. The molecule has 1 aromatic carbocycles. The molecular weight excluding hydrogens is 238 g/mol. The van der Waals surface area contributed by atoms with Gasteiger partial charge in [-0.1, -0.05) is 0 Å². The molecule has 0 aliphatic heterocycles. The van der Waals surface area contributed by atoms with Crippen molar-refractivity contribution in [2.45, 2.75) is 19.7 Å². The van der Waals surface area contributed by atoms with Gasteiger partial charge < -0.3 is 0 Å². The first-order valence-corrected chi connectivity index (χ1v) is 5.56. The highest BCUT2D eigenvalue weighted by Gasteiger charge is 2.12. The first kappa shape index (κ1) is 11.6. The molecule has 0 atom stereocenters. The van der Waals surface area contributed by atoms with E-state index < -0.39 is 0 Å². The van der Waals surface area contributed by atoms with E-state index >= 15 is 0 Å². The zero-order valence-corrected chi connectivity index (χ0v) is 10.2. The summed E-state index contributed by atoms with van der Waals surface area (Å²) in [6, 6.07) is 5.74. The number of alkyl halides is 1. The first-order chi connectivity index (χ1) is 8.19. The Hall–Kier alpha value is -1.93. The third-order valence-corrected chi connectivity index (χ3v) is 3.00. The fraction of sp³-hybridized carbons (Fsp3) is 0.273. The Morgan fingerprint density at radius 2 is 2.12 bits per heavy atom. The zero-order chi connectivity index (χ0) is 12.4. The topological polar surface area (TPSA) is 67.4 Å². The summed E-state index contributed by atoms with van der Waals surface area (Å²) >= 11 is 5.76. The summed E-state index contributed by atoms with van der Waals surface area (Å²) < 4.78 is 1.59. The van der Waals surface area contributed by atoms with Crippen LogP contribution in [-0.2, 0) is 5.88 Å². The molecule has 0 aliphatic rings. The van der Waals surface area contributed by atoms with E-state index in [4.69, 9.17) is 16.9 Å². The largest absolute Gasteiger partial charge is 0.196 e. The van der Waals surface area contributed by atoms with Crippen molar-refractivity contribution in [2.75, 3.05) is 0 Å². The molecule has 2 rings (SSSR count). The van der Waals surface area contributed by atoms with Gasteiger partial charge in [0.1, 0.15) is 0 Å². The summed E-state index contributed by atoms with van der Waals surface area (Å²) in [6.07, 6.45) is 0. The minimum absolute atomic E-state index is 0.242. The highest BCUT2D eigenvalue weighted by molar-refractivity contribution is 6.16. The molecule has 0 aliphatic carbocycles. The lowest BCUT2D eigenvalue weighted by atomic mass is 10.0. The van der Waals surface area contributed by atoms with Crippen LogP contribution in [0.25, 0.3) is 5.69 Å². The number of halogens is 1. The van der Waals surface area contributed by atoms with E-state index in [2.05, 4.69) is 21.6 Å². The molecule has 0 radical (unpaired) electrons. The van der Waals surface area contributed by atoms with E-state index in [9.17, 15) is 0 Å². The molecule has 0 N–H and O–H groups in total. The van der Waals surface area contributed by atoms with Gasteiger partial charge in [0.25, 0.3) is 0 Å². The maximum Gasteiger partial charge on any atom is 0.171 e. The SMILES string of the molecule is Cc1c(C#N)ccc(-n2nnnc2CCl)c1C. The number of hydrogen-bond acceptors (Lipinski definition) is 4. The molecule has 86 valence electrons. The van der Waals surface area contributed by atoms with Crippen LogP contribution in [0.3, 0.4) is 0 Å². The van der Waals surface area contributed by atoms with E-state index in [-0.39, 0.29) is 5.88 Å². The molecule has 1 heterocycles. The van der Waals surface area contributed by atoms with Crippen LogP contribution in [0, 0.1) is 25.2 Å². The Morgan fingerprint density at radius 3 is 2.76 bits per heavy atom. The van der Waals surface area contributed by atoms with Crippen LogP contribution in [0.2, 0.25) is 0 Å². The van der Waals surface area contributed by atoms with Gasteiger partial charge in [0, 0.05) is 0 Å². The highest BCUT2D eigenvalue weighted by atomic mass is 35.5. The third kappa shape index (κ3) is 1.87. The van der Waals surface area contributed by atoms with Crippen molar-refractivity contribution < 1.29 is 0 Å². The average Bonchev–Trinajstić information content (AvgIpc) is 2.80. The van der Waals surface area contributed by atoms with Gasteiger partial charge in [-0.05, 0) is 47.5 Å². The smallest absolute Gasteiger partial charge is 0.171 e. The Labute approximate surface area is 104 Å². The second-order valence-corrected chi connectivity index (χ2v) is 3.90. The van der Waals surface area contributed by atoms with Gasteiger partial charge in [-0.3, -0.25) is 0 Å². The lowest BCUT2D eigenvalue weighted by Crippen LogP contribution is -2.05. The predicted molar refractivity (Wildman–Crippen MR) is 62.9 cm³/mol. The van der Waals surface area contributed by atoms with Gasteiger partial charge in [0.05, 0.1) is 23.2 Å². The Kier molecular flexibility index (Phi) is 3.07. The molecule has 6 heteroatoms. The van der Waals surface area contributed by atoms with Crippen molar-refractivity contribution in [2.24, 2.45) is 0 Å². The maximum atomic E-state index is 8.95. The number of nitriles is 1. The molecule has 0 amide bonds. The van der Waals surface area contributed by atoms with E-state index in [0.29, 0.717) is 11.4 Å². The predicted octanol–water partition coefficient (Wildman–Crippen LogP) is 1.89. The Bertz CT molecular complexity index is 596. The minimum atomic E-state index is 0.242. The normalized spacial score (nSPS) is 10.2. The van der Waals surface area contributed by atoms with Crippen LogP contribution >= 0.6 is 11.6 Å². The minimum Gasteiger partial charge on any atom is -0.196 e. The van der Waals surface area contributed by atoms with Crippen molar-refractivity contribution >= 4 is 11.6 Å². The quantitative estimate of drug-likeness (QED) is 0.760. The summed E-state index contributed by atoms with van der Waals surface area (Å²) in [4.78, 5) is 0. The van der Waals surface area contributed by atoms with Crippen LogP contribution in [0.15, 0.2) is 12.1 Å². The van der Waals surface area contributed by atoms with Gasteiger partial charge in [-0.25, -0.2) is 0 Å². The average molecular weight is 248 g/mol. The lowest BCUT2D eigenvalue weighted by molar-refractivity contribution is 0.772. The van der Waals surface area contributed by atoms with Crippen LogP contribution in [0.4, 0.5) is 0 Å². The third-order valence-electron chi connectivity index (χ3n) is 2.76. The number of benzene rings is 1. The van der Waals surface area contributed by atoms with Crippen molar-refractivity contribution in [3.05, 3.63) is 34.6 Å². The number of hydrogen-bond donors (Lipinski definition) is 0. The second kappa shape index (κ2) is 4.52. The number of nitrogens with zero attached hydrogens (tertiary/aromatic N) is 5. The molecule has 0 unspecified atom stereocenters. The lowest BCUT2D eigenvalue weighted by Gasteiger charge is -2.10. The molecular formula is C11H10ClN5. The molecule has 0 fully saturated rings. The van der Waals surface area contributed by atoms with Crippen molar-refractivity contribution in [1.82, 2.24) is 20.2 Å². The van der Waals surface area contributed by atoms with E-state index in [0.717, 1.165) is 16.8 Å². The van der Waals surface area contributed by atoms with Crippen molar-refractivity contribution in [1.29, 1.82) is 5.26 Å². The number of aromatic nitrogens is 4.